The van der Waals surface area contributed by atoms with Crippen molar-refractivity contribution in [3.63, 3.8) is 0 Å². The van der Waals surface area contributed by atoms with Crippen molar-refractivity contribution in [2.45, 2.75) is 32.6 Å². The molecule has 1 aliphatic rings. The predicted octanol–water partition coefficient (Wildman–Crippen LogP) is 2.53. The SMILES string of the molecule is Cc1c(CCC(=O)N2CCCC2)c(=O)n2c3ccccc3n(C)c2c1C#N. The van der Waals surface area contributed by atoms with E-state index in [1.54, 1.807) is 4.40 Å². The lowest BCUT2D eigenvalue weighted by atomic mass is 10.0. The lowest BCUT2D eigenvalue weighted by Crippen LogP contribution is -2.29. The van der Waals surface area contributed by atoms with E-state index < -0.39 is 0 Å². The minimum Gasteiger partial charge on any atom is -0.343 e. The number of rotatable bonds is 3. The van der Waals surface area contributed by atoms with Gasteiger partial charge in [-0.1, -0.05) is 12.1 Å². The third kappa shape index (κ3) is 2.62. The fraction of sp³-hybridized carbons (Fsp3) is 0.381. The van der Waals surface area contributed by atoms with E-state index in [0.717, 1.165) is 37.0 Å². The Hall–Kier alpha value is -3.07. The molecule has 0 N–H and O–H groups in total. The van der Waals surface area contributed by atoms with E-state index in [9.17, 15) is 14.9 Å². The molecule has 0 radical (unpaired) electrons. The highest BCUT2D eigenvalue weighted by atomic mass is 16.2. The van der Waals surface area contributed by atoms with Gasteiger partial charge in [0.1, 0.15) is 11.7 Å². The van der Waals surface area contributed by atoms with Crippen LogP contribution in [-0.2, 0) is 18.3 Å². The van der Waals surface area contributed by atoms with Crippen molar-refractivity contribution in [1.29, 1.82) is 5.26 Å². The quantitative estimate of drug-likeness (QED) is 0.719. The van der Waals surface area contributed by atoms with Crippen molar-refractivity contribution in [1.82, 2.24) is 13.9 Å². The third-order valence-electron chi connectivity index (χ3n) is 5.69. The van der Waals surface area contributed by atoms with E-state index in [0.29, 0.717) is 35.2 Å². The highest BCUT2D eigenvalue weighted by Gasteiger charge is 2.22. The van der Waals surface area contributed by atoms with Gasteiger partial charge in [0.2, 0.25) is 5.91 Å². The molecule has 0 unspecified atom stereocenters. The number of nitrogens with zero attached hydrogens (tertiary/aromatic N) is 4. The molecule has 138 valence electrons. The van der Waals surface area contributed by atoms with Crippen LogP contribution in [0.25, 0.3) is 16.7 Å². The second kappa shape index (κ2) is 6.58. The fourth-order valence-corrected chi connectivity index (χ4v) is 4.20. The Bertz CT molecular complexity index is 1160. The molecule has 6 nitrogen and oxygen atoms in total. The lowest BCUT2D eigenvalue weighted by molar-refractivity contribution is -0.130. The van der Waals surface area contributed by atoms with Crippen LogP contribution < -0.4 is 5.56 Å². The number of fused-ring (bicyclic) bond motifs is 3. The molecule has 0 bridgehead atoms. The third-order valence-corrected chi connectivity index (χ3v) is 5.69. The lowest BCUT2D eigenvalue weighted by Gasteiger charge is -2.16. The van der Waals surface area contributed by atoms with Crippen LogP contribution in [0.2, 0.25) is 0 Å². The number of amides is 1. The number of aromatic nitrogens is 2. The molecule has 1 aromatic carbocycles. The molecule has 1 saturated heterocycles. The van der Waals surface area contributed by atoms with Gasteiger partial charge < -0.3 is 9.47 Å². The van der Waals surface area contributed by atoms with Crippen molar-refractivity contribution in [3.8, 4) is 6.07 Å². The number of benzene rings is 1. The Balaban J connectivity index is 1.86. The van der Waals surface area contributed by atoms with Crippen LogP contribution in [0, 0.1) is 18.3 Å². The average Bonchev–Trinajstić information content (AvgIpc) is 3.30. The average molecular weight is 362 g/mol. The molecule has 0 atom stereocenters. The van der Waals surface area contributed by atoms with Crippen molar-refractivity contribution in [3.05, 3.63) is 51.3 Å². The monoisotopic (exact) mass is 362 g/mol. The first kappa shape index (κ1) is 17.3. The Morgan fingerprint density at radius 2 is 1.85 bits per heavy atom. The molecule has 1 aliphatic heterocycles. The first-order valence-corrected chi connectivity index (χ1v) is 9.34. The van der Waals surface area contributed by atoms with Crippen LogP contribution in [0.15, 0.2) is 29.1 Å². The van der Waals surface area contributed by atoms with Gasteiger partial charge in [0.25, 0.3) is 5.56 Å². The van der Waals surface area contributed by atoms with Gasteiger partial charge in [-0.2, -0.15) is 5.26 Å². The Labute approximate surface area is 157 Å². The summed E-state index contributed by atoms with van der Waals surface area (Å²) < 4.78 is 3.51. The molecular weight excluding hydrogens is 340 g/mol. The maximum atomic E-state index is 13.3. The summed E-state index contributed by atoms with van der Waals surface area (Å²) in [5.74, 6) is 0.0906. The highest BCUT2D eigenvalue weighted by molar-refractivity contribution is 5.84. The maximum absolute atomic E-state index is 13.3. The van der Waals surface area contributed by atoms with Crippen LogP contribution in [-0.4, -0.2) is 32.9 Å². The number of aryl methyl sites for hydroxylation is 1. The molecule has 6 heteroatoms. The van der Waals surface area contributed by atoms with Gasteiger partial charge in [0, 0.05) is 32.1 Å². The zero-order valence-electron chi connectivity index (χ0n) is 15.7. The predicted molar refractivity (Wildman–Crippen MR) is 104 cm³/mol. The second-order valence-corrected chi connectivity index (χ2v) is 7.19. The number of likely N-dealkylation sites (tertiary alicyclic amines) is 1. The van der Waals surface area contributed by atoms with E-state index >= 15 is 0 Å². The number of pyridine rings is 1. The van der Waals surface area contributed by atoms with Crippen molar-refractivity contribution in [2.24, 2.45) is 7.05 Å². The minimum absolute atomic E-state index is 0.0906. The maximum Gasteiger partial charge on any atom is 0.260 e. The van der Waals surface area contributed by atoms with Gasteiger partial charge in [-0.25, -0.2) is 0 Å². The van der Waals surface area contributed by atoms with Gasteiger partial charge >= 0.3 is 0 Å². The molecule has 0 saturated carbocycles. The smallest absolute Gasteiger partial charge is 0.260 e. The number of para-hydroxylation sites is 2. The van der Waals surface area contributed by atoms with Gasteiger partial charge in [0.15, 0.2) is 0 Å². The summed E-state index contributed by atoms with van der Waals surface area (Å²) in [6.45, 7) is 3.43. The molecule has 3 aromatic rings. The van der Waals surface area contributed by atoms with Crippen LogP contribution in [0.4, 0.5) is 0 Å². The summed E-state index contributed by atoms with van der Waals surface area (Å²) in [6.07, 6.45) is 2.76. The molecule has 27 heavy (non-hydrogen) atoms. The number of hydrogen-bond donors (Lipinski definition) is 0. The molecule has 4 rings (SSSR count). The highest BCUT2D eigenvalue weighted by Crippen LogP contribution is 2.24. The summed E-state index contributed by atoms with van der Waals surface area (Å²) in [4.78, 5) is 27.6. The van der Waals surface area contributed by atoms with Crippen LogP contribution in [0.1, 0.15) is 36.0 Å². The van der Waals surface area contributed by atoms with Gasteiger partial charge in [-0.05, 0) is 43.9 Å². The molecule has 1 fully saturated rings. The zero-order valence-corrected chi connectivity index (χ0v) is 15.7. The Morgan fingerprint density at radius 1 is 1.19 bits per heavy atom. The number of carbonyl (C=O) groups excluding carboxylic acids is 1. The zero-order chi connectivity index (χ0) is 19.1. The van der Waals surface area contributed by atoms with E-state index in [1.807, 2.05) is 47.7 Å². The van der Waals surface area contributed by atoms with Crippen LogP contribution in [0.5, 0.6) is 0 Å². The normalized spacial score (nSPS) is 14.2. The largest absolute Gasteiger partial charge is 0.343 e. The summed E-state index contributed by atoms with van der Waals surface area (Å²) in [7, 11) is 1.87. The van der Waals surface area contributed by atoms with E-state index in [-0.39, 0.29) is 11.5 Å². The number of nitriles is 1. The summed E-state index contributed by atoms with van der Waals surface area (Å²) >= 11 is 0. The molecule has 3 heterocycles. The number of carbonyl (C=O) groups is 1. The summed E-state index contributed by atoms with van der Waals surface area (Å²) in [5.41, 5.74) is 3.90. The molecule has 0 aliphatic carbocycles. The molecule has 0 spiro atoms. The van der Waals surface area contributed by atoms with Gasteiger partial charge in [0.05, 0.1) is 16.6 Å². The van der Waals surface area contributed by atoms with E-state index in [1.165, 1.54) is 0 Å². The first-order valence-electron chi connectivity index (χ1n) is 9.34. The van der Waals surface area contributed by atoms with Crippen molar-refractivity contribution < 1.29 is 4.79 Å². The number of imidazole rings is 1. The standard InChI is InChI=1S/C21H22N4O2/c1-14-15(9-10-19(26)24-11-5-6-12-24)21(27)25-18-8-4-3-7-17(18)23(2)20(25)16(14)13-22/h3-4,7-8H,5-6,9-12H2,1-2H3. The molecule has 1 amide bonds. The van der Waals surface area contributed by atoms with E-state index in [2.05, 4.69) is 6.07 Å². The molecule has 2 aromatic heterocycles. The topological polar surface area (TPSA) is 70.5 Å². The van der Waals surface area contributed by atoms with Crippen molar-refractivity contribution in [2.75, 3.05) is 13.1 Å². The fourth-order valence-electron chi connectivity index (χ4n) is 4.20. The van der Waals surface area contributed by atoms with Crippen LogP contribution >= 0.6 is 0 Å². The number of hydrogen-bond acceptors (Lipinski definition) is 3. The van der Waals surface area contributed by atoms with Crippen molar-refractivity contribution >= 4 is 22.6 Å². The first-order chi connectivity index (χ1) is 13.0. The second-order valence-electron chi connectivity index (χ2n) is 7.19. The van der Waals surface area contributed by atoms with Crippen LogP contribution in [0.3, 0.4) is 0 Å². The van der Waals surface area contributed by atoms with Gasteiger partial charge in [-0.15, -0.1) is 0 Å². The minimum atomic E-state index is -0.132. The Morgan fingerprint density at radius 3 is 2.52 bits per heavy atom. The summed E-state index contributed by atoms with van der Waals surface area (Å²) in [6, 6.07) is 9.91. The summed E-state index contributed by atoms with van der Waals surface area (Å²) in [5, 5.41) is 9.78. The van der Waals surface area contributed by atoms with Gasteiger partial charge in [-0.3, -0.25) is 14.0 Å². The van der Waals surface area contributed by atoms with E-state index in [4.69, 9.17) is 0 Å². The Kier molecular flexibility index (Phi) is 4.23. The molecular formula is C21H22N4O2.